The summed E-state index contributed by atoms with van der Waals surface area (Å²) in [5.74, 6) is 0.933. The van der Waals surface area contributed by atoms with E-state index in [4.69, 9.17) is 4.74 Å². The number of nitrogens with zero attached hydrogens (tertiary/aromatic N) is 1. The average molecular weight is 210 g/mol. The van der Waals surface area contributed by atoms with E-state index in [0.717, 1.165) is 25.6 Å². The van der Waals surface area contributed by atoms with Gasteiger partial charge in [-0.15, -0.1) is 0 Å². The number of ether oxygens (including phenoxy) is 1. The van der Waals surface area contributed by atoms with Gasteiger partial charge in [0.05, 0.1) is 12.2 Å². The topological polar surface area (TPSA) is 24.5 Å². The van der Waals surface area contributed by atoms with E-state index in [1.807, 2.05) is 0 Å². The summed E-state index contributed by atoms with van der Waals surface area (Å²) < 4.78 is 5.96. The smallest absolute Gasteiger partial charge is 0.0946 e. The third-order valence-electron chi connectivity index (χ3n) is 4.42. The summed E-state index contributed by atoms with van der Waals surface area (Å²) in [7, 11) is 0. The van der Waals surface area contributed by atoms with Crippen molar-refractivity contribution in [2.45, 2.75) is 37.8 Å². The van der Waals surface area contributed by atoms with Crippen molar-refractivity contribution in [1.82, 2.24) is 10.2 Å². The number of rotatable bonds is 1. The highest BCUT2D eigenvalue weighted by Gasteiger charge is 2.46. The molecule has 1 unspecified atom stereocenters. The number of nitrogens with one attached hydrogen (secondary N) is 1. The Morgan fingerprint density at radius 2 is 2.00 bits per heavy atom. The maximum Gasteiger partial charge on any atom is 0.0946 e. The van der Waals surface area contributed by atoms with E-state index in [0.29, 0.717) is 6.04 Å². The lowest BCUT2D eigenvalue weighted by Gasteiger charge is -2.39. The number of hydrogen-bond donors (Lipinski definition) is 1. The average Bonchev–Trinajstić information content (AvgIpc) is 2.63. The van der Waals surface area contributed by atoms with E-state index in [1.165, 1.54) is 32.4 Å². The van der Waals surface area contributed by atoms with Gasteiger partial charge in [-0.25, -0.2) is 0 Å². The molecule has 3 nitrogen and oxygen atoms in total. The van der Waals surface area contributed by atoms with Crippen LogP contribution in [0, 0.1) is 5.92 Å². The van der Waals surface area contributed by atoms with Crippen molar-refractivity contribution in [3.8, 4) is 0 Å². The van der Waals surface area contributed by atoms with Crippen molar-refractivity contribution in [2.75, 3.05) is 32.8 Å². The molecule has 86 valence electrons. The second kappa shape index (κ2) is 3.72. The van der Waals surface area contributed by atoms with Crippen LogP contribution in [0.3, 0.4) is 0 Å². The molecule has 3 rings (SSSR count). The Labute approximate surface area is 92.2 Å². The first-order chi connectivity index (χ1) is 7.27. The van der Waals surface area contributed by atoms with Crippen molar-refractivity contribution in [2.24, 2.45) is 5.92 Å². The summed E-state index contributed by atoms with van der Waals surface area (Å²) in [5, 5.41) is 3.33. The molecule has 3 heterocycles. The predicted octanol–water partition coefficient (Wildman–Crippen LogP) is 0.849. The minimum atomic E-state index is 0.230. The lowest BCUT2D eigenvalue weighted by atomic mass is 9.90. The molecule has 3 heteroatoms. The molecule has 0 bridgehead atoms. The summed E-state index contributed by atoms with van der Waals surface area (Å²) in [6, 6.07) is 0.708. The first kappa shape index (κ1) is 10.1. The van der Waals surface area contributed by atoms with Crippen molar-refractivity contribution in [1.29, 1.82) is 0 Å². The molecule has 1 atom stereocenters. The van der Waals surface area contributed by atoms with Crippen LogP contribution < -0.4 is 5.32 Å². The number of likely N-dealkylation sites (tertiary alicyclic amines) is 1. The van der Waals surface area contributed by atoms with Crippen LogP contribution in [0.25, 0.3) is 0 Å². The maximum absolute atomic E-state index is 5.96. The zero-order valence-corrected chi connectivity index (χ0v) is 9.67. The minimum absolute atomic E-state index is 0.230. The molecule has 3 fully saturated rings. The molecule has 15 heavy (non-hydrogen) atoms. The van der Waals surface area contributed by atoms with E-state index in [2.05, 4.69) is 17.1 Å². The highest BCUT2D eigenvalue weighted by molar-refractivity contribution is 5.02. The normalized spacial score (nSPS) is 37.0. The molecule has 0 saturated carbocycles. The van der Waals surface area contributed by atoms with E-state index >= 15 is 0 Å². The predicted molar refractivity (Wildman–Crippen MR) is 59.9 cm³/mol. The van der Waals surface area contributed by atoms with Crippen LogP contribution in [0.5, 0.6) is 0 Å². The highest BCUT2D eigenvalue weighted by atomic mass is 16.5. The van der Waals surface area contributed by atoms with Crippen LogP contribution in [-0.4, -0.2) is 49.3 Å². The number of piperidine rings is 1. The first-order valence-corrected chi connectivity index (χ1v) is 6.36. The number of hydrogen-bond acceptors (Lipinski definition) is 3. The van der Waals surface area contributed by atoms with Gasteiger partial charge in [-0.1, -0.05) is 6.92 Å². The lowest BCUT2D eigenvalue weighted by Crippen LogP contribution is -2.59. The van der Waals surface area contributed by atoms with E-state index < -0.39 is 0 Å². The van der Waals surface area contributed by atoms with Crippen LogP contribution >= 0.6 is 0 Å². The fraction of sp³-hybridized carbons (Fsp3) is 1.00. The van der Waals surface area contributed by atoms with Crippen LogP contribution in [-0.2, 0) is 4.74 Å². The second-order valence-corrected chi connectivity index (χ2v) is 5.67. The molecule has 3 saturated heterocycles. The van der Waals surface area contributed by atoms with Crippen LogP contribution in [0.1, 0.15) is 26.2 Å². The Kier molecular flexibility index (Phi) is 2.49. The Balaban J connectivity index is 1.55. The first-order valence-electron chi connectivity index (χ1n) is 6.36. The fourth-order valence-corrected chi connectivity index (χ4v) is 3.10. The largest absolute Gasteiger partial charge is 0.371 e. The van der Waals surface area contributed by atoms with Gasteiger partial charge in [0.2, 0.25) is 0 Å². The summed E-state index contributed by atoms with van der Waals surface area (Å²) in [4.78, 5) is 2.66. The zero-order valence-electron chi connectivity index (χ0n) is 9.67. The summed E-state index contributed by atoms with van der Waals surface area (Å²) in [6.07, 6.45) is 4.01. The van der Waals surface area contributed by atoms with E-state index in [9.17, 15) is 0 Å². The van der Waals surface area contributed by atoms with Crippen molar-refractivity contribution >= 4 is 0 Å². The Hall–Kier alpha value is -0.120. The minimum Gasteiger partial charge on any atom is -0.371 e. The molecule has 0 aromatic carbocycles. The van der Waals surface area contributed by atoms with Crippen molar-refractivity contribution in [3.63, 3.8) is 0 Å². The zero-order chi connectivity index (χ0) is 10.3. The van der Waals surface area contributed by atoms with Gasteiger partial charge in [-0.05, 0) is 38.3 Å². The third-order valence-corrected chi connectivity index (χ3v) is 4.42. The Morgan fingerprint density at radius 1 is 1.27 bits per heavy atom. The van der Waals surface area contributed by atoms with E-state index in [1.54, 1.807) is 0 Å². The molecule has 3 aliphatic heterocycles. The monoisotopic (exact) mass is 210 g/mol. The van der Waals surface area contributed by atoms with Crippen LogP contribution in [0.15, 0.2) is 0 Å². The van der Waals surface area contributed by atoms with Crippen LogP contribution in [0.4, 0.5) is 0 Å². The quantitative estimate of drug-likeness (QED) is 0.694. The van der Waals surface area contributed by atoms with Gasteiger partial charge in [0.15, 0.2) is 0 Å². The molecule has 0 radical (unpaired) electrons. The Morgan fingerprint density at radius 3 is 2.53 bits per heavy atom. The van der Waals surface area contributed by atoms with Gasteiger partial charge in [0, 0.05) is 19.1 Å². The molecule has 1 N–H and O–H groups in total. The molecule has 0 aromatic heterocycles. The Bertz CT molecular complexity index is 232. The molecule has 0 aliphatic carbocycles. The lowest BCUT2D eigenvalue weighted by molar-refractivity contribution is -0.0367. The van der Waals surface area contributed by atoms with Gasteiger partial charge < -0.3 is 10.1 Å². The van der Waals surface area contributed by atoms with Crippen molar-refractivity contribution < 1.29 is 4.74 Å². The molecular formula is C12H22N2O. The SMILES string of the molecule is CC1CCN(C2COC3(CNC3)C2)CC1. The van der Waals surface area contributed by atoms with Gasteiger partial charge in [0.25, 0.3) is 0 Å². The standard InChI is InChI=1S/C12H22N2O/c1-10-2-4-14(5-3-10)11-6-12(15-7-11)8-13-9-12/h10-11,13H,2-9H2,1H3. The van der Waals surface area contributed by atoms with Crippen LogP contribution in [0.2, 0.25) is 0 Å². The van der Waals surface area contributed by atoms with Gasteiger partial charge in [-0.2, -0.15) is 0 Å². The molecule has 0 aromatic rings. The van der Waals surface area contributed by atoms with Gasteiger partial charge >= 0.3 is 0 Å². The van der Waals surface area contributed by atoms with E-state index in [-0.39, 0.29) is 5.60 Å². The fourth-order valence-electron chi connectivity index (χ4n) is 3.10. The van der Waals surface area contributed by atoms with Crippen molar-refractivity contribution in [3.05, 3.63) is 0 Å². The molecule has 0 amide bonds. The molecule has 3 aliphatic rings. The highest BCUT2D eigenvalue weighted by Crippen LogP contribution is 2.33. The summed E-state index contributed by atoms with van der Waals surface area (Å²) in [5.41, 5.74) is 0.230. The van der Waals surface area contributed by atoms with Gasteiger partial charge in [-0.3, -0.25) is 4.90 Å². The third kappa shape index (κ3) is 1.81. The second-order valence-electron chi connectivity index (χ2n) is 5.67. The van der Waals surface area contributed by atoms with Gasteiger partial charge in [0.1, 0.15) is 0 Å². The summed E-state index contributed by atoms with van der Waals surface area (Å²) >= 11 is 0. The molecule has 1 spiro atoms. The maximum atomic E-state index is 5.96. The molecular weight excluding hydrogens is 188 g/mol. The summed E-state index contributed by atoms with van der Waals surface area (Å²) in [6.45, 7) is 8.08.